The highest BCUT2D eigenvalue weighted by molar-refractivity contribution is 5.91. The number of ether oxygens (including phenoxy) is 2. The van der Waals surface area contributed by atoms with Gasteiger partial charge in [-0.05, 0) is 36.3 Å². The first-order valence-corrected chi connectivity index (χ1v) is 9.63. The summed E-state index contributed by atoms with van der Waals surface area (Å²) in [6.45, 7) is 13.5. The first-order valence-electron chi connectivity index (χ1n) is 9.63. The van der Waals surface area contributed by atoms with Crippen molar-refractivity contribution >= 4 is 17.0 Å². The summed E-state index contributed by atoms with van der Waals surface area (Å²) in [5.74, 6) is 0.477. The van der Waals surface area contributed by atoms with Crippen molar-refractivity contribution in [1.29, 1.82) is 0 Å². The maximum absolute atomic E-state index is 12.7. The van der Waals surface area contributed by atoms with Crippen LogP contribution in [0.4, 0.5) is 4.79 Å². The quantitative estimate of drug-likeness (QED) is 0.693. The average molecular weight is 393 g/mol. The fraction of sp³-hybridized carbons (Fsp3) is 0.304. The van der Waals surface area contributed by atoms with E-state index in [-0.39, 0.29) is 0 Å². The minimum atomic E-state index is -0.506. The molecule has 6 heteroatoms. The van der Waals surface area contributed by atoms with Gasteiger partial charge in [0.2, 0.25) is 0 Å². The zero-order valence-electron chi connectivity index (χ0n) is 17.1. The maximum atomic E-state index is 12.7. The van der Waals surface area contributed by atoms with E-state index in [4.69, 9.17) is 9.47 Å². The lowest BCUT2D eigenvalue weighted by atomic mass is 10.0. The van der Waals surface area contributed by atoms with Crippen LogP contribution in [0.25, 0.3) is 10.9 Å². The minimum absolute atomic E-state index is 0.477. The van der Waals surface area contributed by atoms with E-state index in [2.05, 4.69) is 29.1 Å². The topological polar surface area (TPSA) is 54.9 Å². The van der Waals surface area contributed by atoms with Gasteiger partial charge >= 0.3 is 6.09 Å². The molecule has 0 unspecified atom stereocenters. The molecule has 6 nitrogen and oxygen atoms in total. The molecule has 1 aliphatic rings. The Kier molecular flexibility index (Phi) is 6.80. The molecule has 2 aromatic rings. The Balaban J connectivity index is 1.93. The van der Waals surface area contributed by atoms with Crippen LogP contribution >= 0.6 is 0 Å². The van der Waals surface area contributed by atoms with Gasteiger partial charge in [0.15, 0.2) is 5.75 Å². The predicted molar refractivity (Wildman–Crippen MR) is 115 cm³/mol. The van der Waals surface area contributed by atoms with Gasteiger partial charge < -0.3 is 9.47 Å². The van der Waals surface area contributed by atoms with Gasteiger partial charge in [0.1, 0.15) is 5.52 Å². The second-order valence-corrected chi connectivity index (χ2v) is 6.93. The highest BCUT2D eigenvalue weighted by Crippen LogP contribution is 2.32. The van der Waals surface area contributed by atoms with Crippen LogP contribution in [0.5, 0.6) is 5.75 Å². The van der Waals surface area contributed by atoms with Crippen LogP contribution in [0.2, 0.25) is 0 Å². The molecule has 0 atom stereocenters. The lowest BCUT2D eigenvalue weighted by Gasteiger charge is -2.27. The normalized spacial score (nSPS) is 15.2. The van der Waals surface area contributed by atoms with Crippen molar-refractivity contribution < 1.29 is 14.3 Å². The summed E-state index contributed by atoms with van der Waals surface area (Å²) in [6.07, 6.45) is 6.09. The van der Waals surface area contributed by atoms with Crippen LogP contribution in [-0.4, -0.2) is 54.2 Å². The van der Waals surface area contributed by atoms with E-state index in [9.17, 15) is 4.79 Å². The molecular weight excluding hydrogens is 366 g/mol. The summed E-state index contributed by atoms with van der Waals surface area (Å²) in [4.78, 5) is 21.0. The molecule has 29 heavy (non-hydrogen) atoms. The molecule has 152 valence electrons. The lowest BCUT2D eigenvalue weighted by Crippen LogP contribution is -2.35. The summed E-state index contributed by atoms with van der Waals surface area (Å²) in [5, 5.41) is 0.987. The van der Waals surface area contributed by atoms with Gasteiger partial charge in [-0.3, -0.25) is 14.8 Å². The monoisotopic (exact) mass is 393 g/mol. The summed E-state index contributed by atoms with van der Waals surface area (Å²) in [5.41, 5.74) is 3.32. The SMILES string of the molecule is C=C/C=C(\C=C)N(C)C(=O)Oc1c(C)cc(CN2CCOCC2)c2cccnc12. The van der Waals surface area contributed by atoms with Crippen molar-refractivity contribution in [2.75, 3.05) is 33.4 Å². The fourth-order valence-corrected chi connectivity index (χ4v) is 3.40. The Labute approximate surface area is 171 Å². The molecular formula is C23H27N3O3. The number of rotatable bonds is 6. The van der Waals surface area contributed by atoms with Crippen LogP contribution < -0.4 is 4.74 Å². The summed E-state index contributed by atoms with van der Waals surface area (Å²) in [6, 6.07) is 6.00. The number of aryl methyl sites for hydroxylation is 1. The molecule has 0 N–H and O–H groups in total. The number of amides is 1. The van der Waals surface area contributed by atoms with Gasteiger partial charge in [-0.15, -0.1) is 0 Å². The Hall–Kier alpha value is -2.96. The van der Waals surface area contributed by atoms with Crippen LogP contribution in [0.3, 0.4) is 0 Å². The highest BCUT2D eigenvalue weighted by Gasteiger charge is 2.20. The maximum Gasteiger partial charge on any atom is 0.419 e. The van der Waals surface area contributed by atoms with Crippen LogP contribution in [0.1, 0.15) is 11.1 Å². The number of pyridine rings is 1. The van der Waals surface area contributed by atoms with Gasteiger partial charge in [-0.1, -0.05) is 31.4 Å². The van der Waals surface area contributed by atoms with E-state index in [0.717, 1.165) is 43.8 Å². The third-order valence-corrected chi connectivity index (χ3v) is 4.96. The molecule has 0 aliphatic carbocycles. The minimum Gasteiger partial charge on any atom is -0.407 e. The zero-order chi connectivity index (χ0) is 20.8. The van der Waals surface area contributed by atoms with E-state index >= 15 is 0 Å². The largest absolute Gasteiger partial charge is 0.419 e. The third kappa shape index (κ3) is 4.72. The number of carbonyl (C=O) groups excluding carboxylic acids is 1. The van der Waals surface area contributed by atoms with Crippen LogP contribution in [0.15, 0.2) is 61.5 Å². The van der Waals surface area contributed by atoms with Gasteiger partial charge in [0.05, 0.1) is 13.2 Å². The second-order valence-electron chi connectivity index (χ2n) is 6.93. The zero-order valence-corrected chi connectivity index (χ0v) is 17.1. The van der Waals surface area contributed by atoms with Gasteiger partial charge in [-0.2, -0.15) is 0 Å². The molecule has 2 heterocycles. The van der Waals surface area contributed by atoms with Crippen molar-refractivity contribution in [2.24, 2.45) is 0 Å². The van der Waals surface area contributed by atoms with Crippen molar-refractivity contribution in [3.63, 3.8) is 0 Å². The van der Waals surface area contributed by atoms with E-state index in [1.54, 1.807) is 31.5 Å². The molecule has 1 aliphatic heterocycles. The van der Waals surface area contributed by atoms with Crippen LogP contribution in [-0.2, 0) is 11.3 Å². The molecule has 1 fully saturated rings. The first kappa shape index (κ1) is 20.8. The number of likely N-dealkylation sites (N-methyl/N-ethyl adjacent to an activating group) is 1. The number of fused-ring (bicyclic) bond motifs is 1. The summed E-state index contributed by atoms with van der Waals surface area (Å²) < 4.78 is 11.2. The second kappa shape index (κ2) is 9.49. The van der Waals surface area contributed by atoms with E-state index in [1.165, 1.54) is 10.5 Å². The molecule has 0 spiro atoms. The number of hydrogen-bond donors (Lipinski definition) is 0. The molecule has 1 saturated heterocycles. The highest BCUT2D eigenvalue weighted by atomic mass is 16.6. The van der Waals surface area contributed by atoms with Crippen molar-refractivity contribution in [3.05, 3.63) is 72.6 Å². The number of carbonyl (C=O) groups is 1. The Morgan fingerprint density at radius 2 is 2.14 bits per heavy atom. The molecule has 0 bridgehead atoms. The number of aromatic nitrogens is 1. The Morgan fingerprint density at radius 1 is 1.38 bits per heavy atom. The predicted octanol–water partition coefficient (Wildman–Crippen LogP) is 4.06. The number of nitrogens with zero attached hydrogens (tertiary/aromatic N) is 3. The van der Waals surface area contributed by atoms with Gasteiger partial charge in [0, 0.05) is 44.0 Å². The third-order valence-electron chi connectivity index (χ3n) is 4.96. The summed E-state index contributed by atoms with van der Waals surface area (Å²) in [7, 11) is 1.64. The van der Waals surface area contributed by atoms with E-state index in [1.807, 2.05) is 19.1 Å². The van der Waals surface area contributed by atoms with E-state index < -0.39 is 6.09 Å². The van der Waals surface area contributed by atoms with Crippen molar-refractivity contribution in [1.82, 2.24) is 14.8 Å². The number of hydrogen-bond acceptors (Lipinski definition) is 5. The standard InChI is InChI=1S/C23H27N3O3/c1-5-8-19(6-2)25(4)23(27)29-22-17(3)15-18(16-26-11-13-28-14-12-26)20-9-7-10-24-21(20)22/h5-10,15H,1-2,11-14,16H2,3-4H3/b19-8+. The molecule has 0 radical (unpaired) electrons. The van der Waals surface area contributed by atoms with E-state index in [0.29, 0.717) is 17.0 Å². The molecule has 3 rings (SSSR count). The molecule has 0 saturated carbocycles. The molecule has 1 aromatic carbocycles. The summed E-state index contributed by atoms with van der Waals surface area (Å²) >= 11 is 0. The average Bonchev–Trinajstić information content (AvgIpc) is 2.74. The van der Waals surface area contributed by atoms with Crippen LogP contribution in [0, 0.1) is 6.92 Å². The smallest absolute Gasteiger partial charge is 0.407 e. The van der Waals surface area contributed by atoms with Crippen molar-refractivity contribution in [3.8, 4) is 5.75 Å². The lowest BCUT2D eigenvalue weighted by molar-refractivity contribution is 0.0343. The Bertz CT molecular complexity index is 946. The number of benzene rings is 1. The molecule has 1 aromatic heterocycles. The fourth-order valence-electron chi connectivity index (χ4n) is 3.40. The van der Waals surface area contributed by atoms with Gasteiger partial charge in [0.25, 0.3) is 0 Å². The van der Waals surface area contributed by atoms with Crippen molar-refractivity contribution in [2.45, 2.75) is 13.5 Å². The van der Waals surface area contributed by atoms with Gasteiger partial charge in [-0.25, -0.2) is 4.79 Å². The Morgan fingerprint density at radius 3 is 2.83 bits per heavy atom. The number of allylic oxidation sites excluding steroid dienone is 3. The first-order chi connectivity index (χ1) is 14.0. The molecule has 1 amide bonds. The number of morpholine rings is 1.